The van der Waals surface area contributed by atoms with Crippen LogP contribution in [0.25, 0.3) is 0 Å². The first-order valence-corrected chi connectivity index (χ1v) is 8.08. The highest BCUT2D eigenvalue weighted by Gasteiger charge is 2.34. The minimum absolute atomic E-state index is 0.0543. The van der Waals surface area contributed by atoms with Crippen LogP contribution in [0.3, 0.4) is 0 Å². The summed E-state index contributed by atoms with van der Waals surface area (Å²) in [7, 11) is -1.63. The van der Waals surface area contributed by atoms with Crippen molar-refractivity contribution >= 4 is 21.7 Å². The maximum atomic E-state index is 12.0. The van der Waals surface area contributed by atoms with Gasteiger partial charge in [-0.15, -0.1) is 0 Å². The van der Waals surface area contributed by atoms with Crippen LogP contribution in [0, 0.1) is 0 Å². The Morgan fingerprint density at radius 2 is 1.65 bits per heavy atom. The van der Waals surface area contributed by atoms with Crippen molar-refractivity contribution in [3.63, 3.8) is 0 Å². The Morgan fingerprint density at radius 3 is 2.15 bits per heavy atom. The van der Waals surface area contributed by atoms with Crippen molar-refractivity contribution in [3.05, 3.63) is 35.4 Å². The van der Waals surface area contributed by atoms with E-state index < -0.39 is 9.84 Å². The first-order valence-electron chi connectivity index (χ1n) is 6.26. The van der Waals surface area contributed by atoms with E-state index in [0.717, 1.165) is 4.90 Å². The summed E-state index contributed by atoms with van der Waals surface area (Å²) >= 11 is 0. The smallest absolute Gasteiger partial charge is 0.261 e. The number of fused-ring (bicyclic) bond motifs is 1. The largest absolute Gasteiger partial charge is 0.307 e. The molecule has 0 aromatic heterocycles. The Kier molecular flexibility index (Phi) is 4.20. The number of amides is 2. The third-order valence-electron chi connectivity index (χ3n) is 3.08. The fourth-order valence-electron chi connectivity index (χ4n) is 2.18. The van der Waals surface area contributed by atoms with Crippen LogP contribution in [0.4, 0.5) is 0 Å². The zero-order valence-corrected chi connectivity index (χ0v) is 11.9. The molecule has 1 aromatic rings. The van der Waals surface area contributed by atoms with Gasteiger partial charge >= 0.3 is 0 Å². The number of benzene rings is 1. The van der Waals surface area contributed by atoms with E-state index >= 15 is 0 Å². The molecule has 2 rings (SSSR count). The number of carbonyl (C=O) groups excluding carboxylic acids is 2. The van der Waals surface area contributed by atoms with E-state index in [1.165, 1.54) is 0 Å². The minimum Gasteiger partial charge on any atom is -0.307 e. The van der Waals surface area contributed by atoms with Crippen LogP contribution >= 0.6 is 0 Å². The molecule has 0 spiro atoms. The van der Waals surface area contributed by atoms with Gasteiger partial charge in [-0.2, -0.15) is 0 Å². The molecule has 0 saturated heterocycles. The van der Waals surface area contributed by atoms with Crippen molar-refractivity contribution in [2.24, 2.45) is 0 Å². The standard InChI is InChI=1S/C13H16N2O4S/c1-14-9-20(18,19)8-4-7-15-12(16)10-5-2-3-6-11(10)13(15)17/h2-3,5-6,14H,4,7-9H2,1H3. The molecule has 1 aromatic carbocycles. The van der Waals surface area contributed by atoms with Crippen LogP contribution in [-0.4, -0.2) is 50.4 Å². The van der Waals surface area contributed by atoms with Gasteiger partial charge in [0.05, 0.1) is 22.8 Å². The summed E-state index contributed by atoms with van der Waals surface area (Å²) in [4.78, 5) is 25.2. The van der Waals surface area contributed by atoms with Crippen molar-refractivity contribution in [2.45, 2.75) is 6.42 Å². The van der Waals surface area contributed by atoms with Gasteiger partial charge in [0, 0.05) is 6.54 Å². The molecule has 1 N–H and O–H groups in total. The van der Waals surface area contributed by atoms with Crippen molar-refractivity contribution in [2.75, 3.05) is 25.2 Å². The number of imide groups is 1. The SMILES string of the molecule is CNCS(=O)(=O)CCCN1C(=O)c2ccccc2C1=O. The van der Waals surface area contributed by atoms with E-state index in [9.17, 15) is 18.0 Å². The highest BCUT2D eigenvalue weighted by molar-refractivity contribution is 7.91. The molecule has 0 fully saturated rings. The Labute approximate surface area is 117 Å². The molecule has 0 saturated carbocycles. The number of carbonyl (C=O) groups is 2. The summed E-state index contributed by atoms with van der Waals surface area (Å²) in [6, 6.07) is 6.61. The lowest BCUT2D eigenvalue weighted by Crippen LogP contribution is -2.32. The summed E-state index contributed by atoms with van der Waals surface area (Å²) in [5, 5.41) is 2.58. The molecule has 2 amide bonds. The summed E-state index contributed by atoms with van der Waals surface area (Å²) in [6.45, 7) is 0.120. The van der Waals surface area contributed by atoms with Gasteiger partial charge in [0.1, 0.15) is 0 Å². The van der Waals surface area contributed by atoms with Crippen molar-refractivity contribution in [3.8, 4) is 0 Å². The minimum atomic E-state index is -3.19. The van der Waals surface area contributed by atoms with E-state index in [1.54, 1.807) is 31.3 Å². The van der Waals surface area contributed by atoms with Gasteiger partial charge in [0.2, 0.25) is 0 Å². The fourth-order valence-corrected chi connectivity index (χ4v) is 3.33. The maximum absolute atomic E-state index is 12.0. The lowest BCUT2D eigenvalue weighted by Gasteiger charge is -2.13. The molecule has 1 aliphatic rings. The molecule has 0 radical (unpaired) electrons. The number of rotatable bonds is 6. The highest BCUT2D eigenvalue weighted by atomic mass is 32.2. The van der Waals surface area contributed by atoms with E-state index in [1.807, 2.05) is 0 Å². The molecule has 7 heteroatoms. The van der Waals surface area contributed by atoms with Crippen molar-refractivity contribution in [1.29, 1.82) is 0 Å². The molecule has 6 nitrogen and oxygen atoms in total. The number of nitrogens with one attached hydrogen (secondary N) is 1. The monoisotopic (exact) mass is 296 g/mol. The average molecular weight is 296 g/mol. The number of nitrogens with zero attached hydrogens (tertiary/aromatic N) is 1. The molecule has 0 atom stereocenters. The van der Waals surface area contributed by atoms with Crippen LogP contribution in [0.5, 0.6) is 0 Å². The Hall–Kier alpha value is -1.73. The quantitative estimate of drug-likeness (QED) is 0.762. The summed E-state index contributed by atoms with van der Waals surface area (Å²) in [6.07, 6.45) is 0.246. The number of hydrogen-bond acceptors (Lipinski definition) is 5. The fraction of sp³-hybridized carbons (Fsp3) is 0.385. The molecule has 20 heavy (non-hydrogen) atoms. The second kappa shape index (κ2) is 5.72. The summed E-state index contributed by atoms with van der Waals surface area (Å²) in [5.41, 5.74) is 0.770. The van der Waals surface area contributed by atoms with Gasteiger partial charge < -0.3 is 5.32 Å². The van der Waals surface area contributed by atoms with Crippen LogP contribution in [0.1, 0.15) is 27.1 Å². The van der Waals surface area contributed by atoms with E-state index in [-0.39, 0.29) is 36.4 Å². The molecule has 108 valence electrons. The van der Waals surface area contributed by atoms with Crippen molar-refractivity contribution < 1.29 is 18.0 Å². The molecular formula is C13H16N2O4S. The number of hydrogen-bond donors (Lipinski definition) is 1. The third-order valence-corrected chi connectivity index (χ3v) is 4.72. The van der Waals surface area contributed by atoms with Crippen LogP contribution < -0.4 is 5.32 Å². The number of sulfone groups is 1. The third kappa shape index (κ3) is 2.88. The van der Waals surface area contributed by atoms with Crippen LogP contribution in [0.15, 0.2) is 24.3 Å². The van der Waals surface area contributed by atoms with Crippen LogP contribution in [-0.2, 0) is 9.84 Å². The Morgan fingerprint density at radius 1 is 1.10 bits per heavy atom. The lowest BCUT2D eigenvalue weighted by atomic mass is 10.1. The molecule has 1 heterocycles. The topological polar surface area (TPSA) is 83.6 Å². The lowest BCUT2D eigenvalue weighted by molar-refractivity contribution is 0.0654. The zero-order valence-electron chi connectivity index (χ0n) is 11.1. The van der Waals surface area contributed by atoms with Gasteiger partial charge in [-0.1, -0.05) is 12.1 Å². The normalized spacial score (nSPS) is 14.8. The molecular weight excluding hydrogens is 280 g/mol. The average Bonchev–Trinajstić information content (AvgIpc) is 2.64. The first kappa shape index (κ1) is 14.7. The van der Waals surface area contributed by atoms with Gasteiger partial charge in [0.15, 0.2) is 9.84 Å². The predicted molar refractivity (Wildman–Crippen MR) is 74.1 cm³/mol. The Bertz CT molecular complexity index is 605. The van der Waals surface area contributed by atoms with Gasteiger partial charge in [0.25, 0.3) is 11.8 Å². The van der Waals surface area contributed by atoms with Gasteiger partial charge in [-0.25, -0.2) is 8.42 Å². The van der Waals surface area contributed by atoms with Gasteiger partial charge in [-0.05, 0) is 25.6 Å². The van der Waals surface area contributed by atoms with E-state index in [4.69, 9.17) is 0 Å². The van der Waals surface area contributed by atoms with Crippen molar-refractivity contribution in [1.82, 2.24) is 10.2 Å². The first-order chi connectivity index (χ1) is 9.46. The van der Waals surface area contributed by atoms with E-state index in [2.05, 4.69) is 5.32 Å². The predicted octanol–water partition coefficient (Wildman–Crippen LogP) is 0.264. The van der Waals surface area contributed by atoms with Gasteiger partial charge in [-0.3, -0.25) is 14.5 Å². The molecule has 0 aliphatic carbocycles. The molecule has 0 unspecified atom stereocenters. The summed E-state index contributed by atoms with van der Waals surface area (Å²) < 4.78 is 23.1. The molecule has 1 aliphatic heterocycles. The van der Waals surface area contributed by atoms with E-state index in [0.29, 0.717) is 11.1 Å². The summed E-state index contributed by atoms with van der Waals surface area (Å²) in [5.74, 6) is -0.857. The molecule has 0 bridgehead atoms. The zero-order chi connectivity index (χ0) is 14.8. The van der Waals surface area contributed by atoms with Crippen LogP contribution in [0.2, 0.25) is 0 Å². The maximum Gasteiger partial charge on any atom is 0.261 e. The second-order valence-corrected chi connectivity index (χ2v) is 6.79. The second-order valence-electron chi connectivity index (χ2n) is 4.61. The highest BCUT2D eigenvalue weighted by Crippen LogP contribution is 2.22. The Balaban J connectivity index is 2.00.